The highest BCUT2D eigenvalue weighted by atomic mass is 16.5. The van der Waals surface area contributed by atoms with E-state index in [9.17, 15) is 49.2 Å². The Hall–Kier alpha value is -2.34. The van der Waals surface area contributed by atoms with Crippen LogP contribution in [0.2, 0.25) is 0 Å². The molecule has 140 valence electrons. The molecule has 0 saturated heterocycles. The molecule has 0 saturated carbocycles. The van der Waals surface area contributed by atoms with Gasteiger partial charge in [0.25, 0.3) is 5.60 Å². The molecule has 0 unspecified atom stereocenters. The molecule has 5 N–H and O–H groups in total. The van der Waals surface area contributed by atoms with E-state index in [1.165, 1.54) is 0 Å². The molecule has 0 aliphatic rings. The predicted molar refractivity (Wildman–Crippen MR) is 76.2 cm³/mol. The number of Topliss-reactive ketones (excluding diaryl/α,β-unsaturated/α-hetero) is 4. The van der Waals surface area contributed by atoms with Gasteiger partial charge in [0, 0.05) is 0 Å². The van der Waals surface area contributed by atoms with Gasteiger partial charge in [-0.2, -0.15) is 0 Å². The van der Waals surface area contributed by atoms with Gasteiger partial charge in [-0.25, -0.2) is 4.79 Å². The lowest BCUT2D eigenvalue weighted by Gasteiger charge is -2.50. The molecule has 0 fully saturated rings. The van der Waals surface area contributed by atoms with Crippen LogP contribution in [0.15, 0.2) is 0 Å². The van der Waals surface area contributed by atoms with E-state index in [-0.39, 0.29) is 0 Å². The molecule has 0 radical (unpaired) electrons. The van der Waals surface area contributed by atoms with E-state index in [2.05, 4.69) is 0 Å². The minimum absolute atomic E-state index is 0.371. The third kappa shape index (κ3) is 2.52. The van der Waals surface area contributed by atoms with Gasteiger partial charge in [-0.1, -0.05) is 0 Å². The number of rotatable bonds is 9. The molecule has 11 heteroatoms. The lowest BCUT2D eigenvalue weighted by molar-refractivity contribution is -0.258. The Bertz CT molecular complexity index is 652. The van der Waals surface area contributed by atoms with Gasteiger partial charge in [0.05, 0.1) is 0 Å². The Balaban J connectivity index is 7.50. The number of carboxylic acid groups (broad SMARTS) is 1. The number of carbonyl (C=O) groups excluding carboxylic acids is 5. The molecule has 0 rings (SSSR count). The van der Waals surface area contributed by atoms with Crippen molar-refractivity contribution in [3.05, 3.63) is 0 Å². The summed E-state index contributed by atoms with van der Waals surface area (Å²) in [5, 5.41) is 50.8. The zero-order valence-electron chi connectivity index (χ0n) is 13.8. The summed E-state index contributed by atoms with van der Waals surface area (Å²) in [6.07, 6.45) is -0.715. The average molecular weight is 362 g/mol. The van der Waals surface area contributed by atoms with Gasteiger partial charge in [-0.3, -0.25) is 24.0 Å². The summed E-state index contributed by atoms with van der Waals surface area (Å²) in [4.78, 5) is 69.9. The Labute approximate surface area is 140 Å². The summed E-state index contributed by atoms with van der Waals surface area (Å²) >= 11 is 0. The van der Waals surface area contributed by atoms with E-state index in [0.717, 1.165) is 0 Å². The molecule has 0 spiro atoms. The minimum atomic E-state index is -4.29. The number of aliphatic carboxylic acids is 1. The molecule has 0 aromatic rings. The maximum absolute atomic E-state index is 12.0. The van der Waals surface area contributed by atoms with Gasteiger partial charge >= 0.3 is 5.97 Å². The first-order valence-corrected chi connectivity index (χ1v) is 6.66. The maximum Gasteiger partial charge on any atom is 0.347 e. The van der Waals surface area contributed by atoms with Gasteiger partial charge in [-0.15, -0.1) is 0 Å². The highest BCUT2D eigenvalue weighted by molar-refractivity contribution is 6.18. The van der Waals surface area contributed by atoms with E-state index in [0.29, 0.717) is 27.7 Å². The van der Waals surface area contributed by atoms with Gasteiger partial charge < -0.3 is 25.5 Å². The average Bonchev–Trinajstić information content (AvgIpc) is 2.49. The number of hydrogen-bond donors (Lipinski definition) is 5. The largest absolute Gasteiger partial charge is 0.479 e. The van der Waals surface area contributed by atoms with Crippen molar-refractivity contribution in [3.8, 4) is 0 Å². The van der Waals surface area contributed by atoms with Crippen LogP contribution in [-0.2, 0) is 28.8 Å². The standard InChI is InChI=1S/C14H18O11/c1-6(16)11(22,5-15)13(24,8(3)18)14(25,9(4)19)12(23,7(2)17)10(20)21/h5,22-25H,1-4H3,(H,20,21)/t11-,12-,13-,14-/m1/s1. The lowest BCUT2D eigenvalue weighted by Crippen LogP contribution is -2.85. The Morgan fingerprint density at radius 3 is 1.20 bits per heavy atom. The first kappa shape index (κ1) is 22.7. The van der Waals surface area contributed by atoms with Crippen LogP contribution in [-0.4, -0.2) is 83.3 Å². The zero-order valence-corrected chi connectivity index (χ0v) is 13.8. The molecule has 25 heavy (non-hydrogen) atoms. The SMILES string of the molecule is CC(=O)[C@@](O)(C(=O)O)[C@](O)(C(C)=O)[C@@](O)(C(C)=O)[C@@](O)(C=O)C(C)=O. The normalized spacial score (nSPS) is 20.8. The van der Waals surface area contributed by atoms with E-state index in [1.54, 1.807) is 0 Å². The number of aliphatic hydroxyl groups is 4. The number of ketones is 4. The Kier molecular flexibility index (Phi) is 5.91. The highest BCUT2D eigenvalue weighted by Gasteiger charge is 2.79. The fourth-order valence-electron chi connectivity index (χ4n) is 2.55. The maximum atomic E-state index is 12.0. The second kappa shape index (κ2) is 6.52. The van der Waals surface area contributed by atoms with E-state index < -0.39 is 57.8 Å². The first-order chi connectivity index (χ1) is 11.0. The second-order valence-electron chi connectivity index (χ2n) is 5.55. The van der Waals surface area contributed by atoms with Gasteiger partial charge in [0.2, 0.25) is 16.8 Å². The summed E-state index contributed by atoms with van der Waals surface area (Å²) in [5.41, 5.74) is -16.5. The molecule has 11 nitrogen and oxygen atoms in total. The van der Waals surface area contributed by atoms with Crippen LogP contribution in [0.25, 0.3) is 0 Å². The predicted octanol–water partition coefficient (Wildman–Crippen LogP) is -3.45. The number of carboxylic acids is 1. The van der Waals surface area contributed by atoms with E-state index in [4.69, 9.17) is 5.11 Å². The third-order valence-corrected chi connectivity index (χ3v) is 4.14. The Morgan fingerprint density at radius 1 is 0.680 bits per heavy atom. The zero-order chi connectivity index (χ0) is 20.6. The summed E-state index contributed by atoms with van der Waals surface area (Å²) in [7, 11) is 0. The molecule has 0 heterocycles. The van der Waals surface area contributed by atoms with Crippen LogP contribution in [0, 0.1) is 0 Å². The first-order valence-electron chi connectivity index (χ1n) is 6.66. The molecule has 0 aliphatic heterocycles. The number of hydrogen-bond acceptors (Lipinski definition) is 10. The van der Waals surface area contributed by atoms with Crippen molar-refractivity contribution in [1.29, 1.82) is 0 Å². The topological polar surface area (TPSA) is 204 Å². The van der Waals surface area contributed by atoms with Crippen molar-refractivity contribution in [2.75, 3.05) is 0 Å². The molecular weight excluding hydrogens is 344 g/mol. The molecular formula is C14H18O11. The molecule has 0 aliphatic carbocycles. The molecule has 0 amide bonds. The summed E-state index contributed by atoms with van der Waals surface area (Å²) in [6.45, 7) is 1.65. The van der Waals surface area contributed by atoms with Crippen LogP contribution < -0.4 is 0 Å². The van der Waals surface area contributed by atoms with Crippen molar-refractivity contribution >= 4 is 35.4 Å². The lowest BCUT2D eigenvalue weighted by atomic mass is 9.58. The van der Waals surface area contributed by atoms with Crippen molar-refractivity contribution < 1.29 is 54.3 Å². The van der Waals surface area contributed by atoms with Crippen LogP contribution in [0.3, 0.4) is 0 Å². The van der Waals surface area contributed by atoms with Crippen molar-refractivity contribution in [2.45, 2.75) is 50.1 Å². The highest BCUT2D eigenvalue weighted by Crippen LogP contribution is 2.42. The fourth-order valence-corrected chi connectivity index (χ4v) is 2.55. The molecule has 0 bridgehead atoms. The monoisotopic (exact) mass is 362 g/mol. The van der Waals surface area contributed by atoms with Crippen LogP contribution in [0.1, 0.15) is 27.7 Å². The molecule has 0 aromatic carbocycles. The second-order valence-corrected chi connectivity index (χ2v) is 5.55. The number of carbonyl (C=O) groups is 6. The van der Waals surface area contributed by atoms with Crippen LogP contribution in [0.5, 0.6) is 0 Å². The molecule has 0 aromatic heterocycles. The van der Waals surface area contributed by atoms with Crippen molar-refractivity contribution in [3.63, 3.8) is 0 Å². The quantitative estimate of drug-likeness (QED) is 0.201. The summed E-state index contributed by atoms with van der Waals surface area (Å²) in [5.74, 6) is -9.79. The van der Waals surface area contributed by atoms with Crippen LogP contribution in [0.4, 0.5) is 0 Å². The van der Waals surface area contributed by atoms with Crippen molar-refractivity contribution in [1.82, 2.24) is 0 Å². The van der Waals surface area contributed by atoms with Gasteiger partial charge in [-0.05, 0) is 27.7 Å². The summed E-state index contributed by atoms with van der Waals surface area (Å²) in [6, 6.07) is 0. The van der Waals surface area contributed by atoms with Crippen LogP contribution >= 0.6 is 0 Å². The van der Waals surface area contributed by atoms with E-state index >= 15 is 0 Å². The van der Waals surface area contributed by atoms with Gasteiger partial charge in [0.1, 0.15) is 0 Å². The number of aldehydes is 1. The van der Waals surface area contributed by atoms with Gasteiger partial charge in [0.15, 0.2) is 29.4 Å². The minimum Gasteiger partial charge on any atom is -0.479 e. The Morgan fingerprint density at radius 2 is 1.04 bits per heavy atom. The van der Waals surface area contributed by atoms with Crippen molar-refractivity contribution in [2.24, 2.45) is 0 Å². The summed E-state index contributed by atoms with van der Waals surface area (Å²) < 4.78 is 0. The van der Waals surface area contributed by atoms with E-state index in [1.807, 2.05) is 0 Å². The smallest absolute Gasteiger partial charge is 0.347 e. The molecule has 4 atom stereocenters. The third-order valence-electron chi connectivity index (χ3n) is 4.14. The fraction of sp³-hybridized carbons (Fsp3) is 0.571.